The van der Waals surface area contributed by atoms with Crippen LogP contribution < -0.4 is 10.6 Å². The van der Waals surface area contributed by atoms with E-state index < -0.39 is 0 Å². The standard InChI is InChI=1S/C15H16N4O/c1-10(13-8-5-9-20-13)17-14-11-6-3-4-7-12(11)18-15(16-2)19-14/h3-10H,1-2H3,(H2,16,17,18,19). The van der Waals surface area contributed by atoms with E-state index in [0.29, 0.717) is 5.95 Å². The van der Waals surface area contributed by atoms with Crippen molar-refractivity contribution < 1.29 is 4.42 Å². The van der Waals surface area contributed by atoms with Crippen LogP contribution in [0.4, 0.5) is 11.8 Å². The highest BCUT2D eigenvalue weighted by atomic mass is 16.3. The van der Waals surface area contributed by atoms with Crippen LogP contribution in [-0.4, -0.2) is 17.0 Å². The molecule has 1 atom stereocenters. The van der Waals surface area contributed by atoms with Crippen LogP contribution in [0.5, 0.6) is 0 Å². The minimum Gasteiger partial charge on any atom is -0.467 e. The Balaban J connectivity index is 2.01. The Bertz CT molecular complexity index is 709. The number of furan rings is 1. The molecular formula is C15H16N4O. The summed E-state index contributed by atoms with van der Waals surface area (Å²) in [6.45, 7) is 2.04. The number of fused-ring (bicyclic) bond motifs is 1. The van der Waals surface area contributed by atoms with Crippen LogP contribution >= 0.6 is 0 Å². The zero-order chi connectivity index (χ0) is 13.9. The fourth-order valence-electron chi connectivity index (χ4n) is 2.11. The zero-order valence-electron chi connectivity index (χ0n) is 11.4. The van der Waals surface area contributed by atoms with Crippen LogP contribution in [0.2, 0.25) is 0 Å². The Labute approximate surface area is 117 Å². The van der Waals surface area contributed by atoms with E-state index in [1.165, 1.54) is 0 Å². The van der Waals surface area contributed by atoms with Crippen LogP contribution in [0.1, 0.15) is 18.7 Å². The summed E-state index contributed by atoms with van der Waals surface area (Å²) in [5.41, 5.74) is 0.904. The Kier molecular flexibility index (Phi) is 3.25. The first kappa shape index (κ1) is 12.5. The molecule has 102 valence electrons. The van der Waals surface area contributed by atoms with Gasteiger partial charge in [0.15, 0.2) is 0 Å². The van der Waals surface area contributed by atoms with Gasteiger partial charge in [-0.3, -0.25) is 0 Å². The number of nitrogens with zero attached hydrogens (tertiary/aromatic N) is 2. The molecule has 2 heterocycles. The lowest BCUT2D eigenvalue weighted by molar-refractivity contribution is 0.490. The maximum absolute atomic E-state index is 5.41. The third-order valence-corrected chi connectivity index (χ3v) is 3.15. The third kappa shape index (κ3) is 2.30. The van der Waals surface area contributed by atoms with E-state index in [-0.39, 0.29) is 6.04 Å². The highest BCUT2D eigenvalue weighted by Crippen LogP contribution is 2.25. The topological polar surface area (TPSA) is 63.0 Å². The van der Waals surface area contributed by atoms with E-state index in [4.69, 9.17) is 4.42 Å². The van der Waals surface area contributed by atoms with Crippen molar-refractivity contribution in [2.45, 2.75) is 13.0 Å². The molecule has 3 rings (SSSR count). The number of benzene rings is 1. The summed E-state index contributed by atoms with van der Waals surface area (Å²) in [6, 6.07) is 11.8. The van der Waals surface area contributed by atoms with Gasteiger partial charge in [-0.15, -0.1) is 0 Å². The predicted octanol–water partition coefficient (Wildman–Crippen LogP) is 3.44. The van der Waals surface area contributed by atoms with Gasteiger partial charge in [-0.25, -0.2) is 4.98 Å². The molecule has 0 aliphatic rings. The normalized spacial score (nSPS) is 12.3. The molecule has 0 bridgehead atoms. The lowest BCUT2D eigenvalue weighted by Crippen LogP contribution is -2.09. The molecule has 5 heteroatoms. The van der Waals surface area contributed by atoms with Gasteiger partial charge in [0.1, 0.15) is 11.6 Å². The van der Waals surface area contributed by atoms with Crippen molar-refractivity contribution in [1.82, 2.24) is 9.97 Å². The molecular weight excluding hydrogens is 252 g/mol. The summed E-state index contributed by atoms with van der Waals surface area (Å²) in [6.07, 6.45) is 1.67. The molecule has 0 fully saturated rings. The average molecular weight is 268 g/mol. The van der Waals surface area contributed by atoms with Gasteiger partial charge in [0.2, 0.25) is 5.95 Å². The molecule has 0 aliphatic carbocycles. The molecule has 20 heavy (non-hydrogen) atoms. The molecule has 0 saturated heterocycles. The van der Waals surface area contributed by atoms with Gasteiger partial charge in [-0.1, -0.05) is 12.1 Å². The van der Waals surface area contributed by atoms with E-state index in [1.54, 1.807) is 6.26 Å². The molecule has 0 radical (unpaired) electrons. The second-order valence-electron chi connectivity index (χ2n) is 4.54. The average Bonchev–Trinajstić information content (AvgIpc) is 3.01. The number of hydrogen-bond acceptors (Lipinski definition) is 5. The fraction of sp³-hybridized carbons (Fsp3) is 0.200. The van der Waals surface area contributed by atoms with E-state index in [1.807, 2.05) is 50.4 Å². The van der Waals surface area contributed by atoms with Crippen molar-refractivity contribution in [3.05, 3.63) is 48.4 Å². The monoisotopic (exact) mass is 268 g/mol. The van der Waals surface area contributed by atoms with Crippen LogP contribution in [0.25, 0.3) is 10.9 Å². The number of para-hydroxylation sites is 1. The maximum atomic E-state index is 5.41. The second kappa shape index (κ2) is 5.21. The van der Waals surface area contributed by atoms with Gasteiger partial charge < -0.3 is 15.1 Å². The first-order valence-electron chi connectivity index (χ1n) is 6.52. The van der Waals surface area contributed by atoms with Crippen LogP contribution in [0, 0.1) is 0 Å². The molecule has 5 nitrogen and oxygen atoms in total. The predicted molar refractivity (Wildman–Crippen MR) is 79.8 cm³/mol. The number of rotatable bonds is 4. The largest absolute Gasteiger partial charge is 0.467 e. The minimum absolute atomic E-state index is 0.0352. The molecule has 0 spiro atoms. The fourth-order valence-corrected chi connectivity index (χ4v) is 2.11. The van der Waals surface area contributed by atoms with Gasteiger partial charge >= 0.3 is 0 Å². The van der Waals surface area contributed by atoms with E-state index in [9.17, 15) is 0 Å². The summed E-state index contributed by atoms with van der Waals surface area (Å²) in [4.78, 5) is 8.93. The Morgan fingerprint density at radius 2 is 1.95 bits per heavy atom. The lowest BCUT2D eigenvalue weighted by Gasteiger charge is -2.14. The van der Waals surface area contributed by atoms with E-state index in [0.717, 1.165) is 22.5 Å². The Hall–Kier alpha value is -2.56. The van der Waals surface area contributed by atoms with Gasteiger partial charge in [-0.2, -0.15) is 4.98 Å². The number of hydrogen-bond donors (Lipinski definition) is 2. The van der Waals surface area contributed by atoms with Crippen LogP contribution in [0.15, 0.2) is 47.1 Å². The lowest BCUT2D eigenvalue weighted by atomic mass is 10.2. The maximum Gasteiger partial charge on any atom is 0.224 e. The zero-order valence-corrected chi connectivity index (χ0v) is 11.4. The molecule has 1 unspecified atom stereocenters. The highest BCUT2D eigenvalue weighted by molar-refractivity contribution is 5.90. The molecule has 0 amide bonds. The summed E-state index contributed by atoms with van der Waals surface area (Å²) < 4.78 is 5.41. The van der Waals surface area contributed by atoms with E-state index >= 15 is 0 Å². The third-order valence-electron chi connectivity index (χ3n) is 3.15. The number of anilines is 2. The first-order valence-corrected chi connectivity index (χ1v) is 6.52. The molecule has 2 N–H and O–H groups in total. The number of aromatic nitrogens is 2. The van der Waals surface area contributed by atoms with Crippen LogP contribution in [0.3, 0.4) is 0 Å². The van der Waals surface area contributed by atoms with Gasteiger partial charge in [0.05, 0.1) is 17.8 Å². The SMILES string of the molecule is CNc1nc(NC(C)c2ccco2)c2ccccc2n1. The summed E-state index contributed by atoms with van der Waals surface area (Å²) >= 11 is 0. The second-order valence-corrected chi connectivity index (χ2v) is 4.54. The van der Waals surface area contributed by atoms with Gasteiger partial charge in [-0.05, 0) is 31.2 Å². The van der Waals surface area contributed by atoms with Crippen molar-refractivity contribution in [1.29, 1.82) is 0 Å². The van der Waals surface area contributed by atoms with E-state index in [2.05, 4.69) is 20.6 Å². The Morgan fingerprint density at radius 3 is 2.70 bits per heavy atom. The van der Waals surface area contributed by atoms with Crippen molar-refractivity contribution >= 4 is 22.7 Å². The summed E-state index contributed by atoms with van der Waals surface area (Å²) in [5.74, 6) is 2.26. The molecule has 3 aromatic rings. The van der Waals surface area contributed by atoms with Gasteiger partial charge in [0, 0.05) is 12.4 Å². The quantitative estimate of drug-likeness (QED) is 0.759. The molecule has 2 aromatic heterocycles. The molecule has 0 saturated carbocycles. The molecule has 0 aliphatic heterocycles. The smallest absolute Gasteiger partial charge is 0.224 e. The molecule has 1 aromatic carbocycles. The van der Waals surface area contributed by atoms with Crippen molar-refractivity contribution in [3.63, 3.8) is 0 Å². The van der Waals surface area contributed by atoms with Crippen LogP contribution in [-0.2, 0) is 0 Å². The number of nitrogens with one attached hydrogen (secondary N) is 2. The van der Waals surface area contributed by atoms with Crippen molar-refractivity contribution in [2.75, 3.05) is 17.7 Å². The van der Waals surface area contributed by atoms with Crippen molar-refractivity contribution in [3.8, 4) is 0 Å². The first-order chi connectivity index (χ1) is 9.78. The Morgan fingerprint density at radius 1 is 1.10 bits per heavy atom. The van der Waals surface area contributed by atoms with Gasteiger partial charge in [0.25, 0.3) is 0 Å². The summed E-state index contributed by atoms with van der Waals surface area (Å²) in [5, 5.41) is 7.35. The minimum atomic E-state index is 0.0352. The highest BCUT2D eigenvalue weighted by Gasteiger charge is 2.12. The van der Waals surface area contributed by atoms with Crippen molar-refractivity contribution in [2.24, 2.45) is 0 Å². The summed E-state index contributed by atoms with van der Waals surface area (Å²) in [7, 11) is 1.81.